The van der Waals surface area contributed by atoms with E-state index in [4.69, 9.17) is 9.84 Å². The lowest BCUT2D eigenvalue weighted by Crippen LogP contribution is -2.01. The number of hydrogen-bond acceptors (Lipinski definition) is 6. The van der Waals surface area contributed by atoms with E-state index in [1.165, 1.54) is 0 Å². The Balaban J connectivity index is 2.31. The van der Waals surface area contributed by atoms with Gasteiger partial charge in [-0.25, -0.2) is 19.2 Å². The molecule has 1 aromatic heterocycles. The molecule has 1 heterocycles. The SMILES string of the molecule is O=C(O)c1cnc(Oc2cc(F)ccc2[N+](=O)[O-])nc1. The Hall–Kier alpha value is -3.10. The van der Waals surface area contributed by atoms with Crippen molar-refractivity contribution in [1.29, 1.82) is 0 Å². The summed E-state index contributed by atoms with van der Waals surface area (Å²) in [4.78, 5) is 27.7. The number of nitro benzene ring substituents is 1. The van der Waals surface area contributed by atoms with Crippen LogP contribution in [0.2, 0.25) is 0 Å². The molecule has 0 unspecified atom stereocenters. The molecule has 0 aliphatic carbocycles. The molecule has 0 aliphatic rings. The summed E-state index contributed by atoms with van der Waals surface area (Å²) >= 11 is 0. The van der Waals surface area contributed by atoms with Gasteiger partial charge in [-0.1, -0.05) is 0 Å². The number of nitro groups is 1. The quantitative estimate of drug-likeness (QED) is 0.672. The van der Waals surface area contributed by atoms with Crippen LogP contribution in [0.5, 0.6) is 11.8 Å². The molecule has 2 rings (SSSR count). The number of carboxylic acid groups (broad SMARTS) is 1. The standard InChI is InChI=1S/C11H6FN3O5/c12-7-1-2-8(15(18)19)9(3-7)20-11-13-4-6(5-14-11)10(16)17/h1-5H,(H,16,17). The molecule has 0 spiro atoms. The maximum absolute atomic E-state index is 13.1. The summed E-state index contributed by atoms with van der Waals surface area (Å²) in [7, 11) is 0. The zero-order chi connectivity index (χ0) is 14.7. The fourth-order valence-corrected chi connectivity index (χ4v) is 1.30. The second-order valence-corrected chi connectivity index (χ2v) is 3.53. The second-order valence-electron chi connectivity index (χ2n) is 3.53. The molecule has 0 atom stereocenters. The van der Waals surface area contributed by atoms with E-state index >= 15 is 0 Å². The van der Waals surface area contributed by atoms with E-state index in [0.717, 1.165) is 30.6 Å². The molecule has 8 nitrogen and oxygen atoms in total. The monoisotopic (exact) mass is 279 g/mol. The van der Waals surface area contributed by atoms with Gasteiger partial charge in [0.15, 0.2) is 0 Å². The summed E-state index contributed by atoms with van der Waals surface area (Å²) in [5, 5.41) is 19.4. The molecule has 9 heteroatoms. The molecule has 20 heavy (non-hydrogen) atoms. The lowest BCUT2D eigenvalue weighted by molar-refractivity contribution is -0.385. The van der Waals surface area contributed by atoms with Crippen LogP contribution in [0.1, 0.15) is 10.4 Å². The number of benzene rings is 1. The van der Waals surface area contributed by atoms with Gasteiger partial charge in [-0.15, -0.1) is 0 Å². The summed E-state index contributed by atoms with van der Waals surface area (Å²) in [6.07, 6.45) is 1.94. The highest BCUT2D eigenvalue weighted by Gasteiger charge is 2.17. The van der Waals surface area contributed by atoms with Gasteiger partial charge in [-0.05, 0) is 6.07 Å². The Morgan fingerprint density at radius 3 is 2.55 bits per heavy atom. The fourth-order valence-electron chi connectivity index (χ4n) is 1.30. The van der Waals surface area contributed by atoms with Crippen molar-refractivity contribution in [2.24, 2.45) is 0 Å². The average molecular weight is 279 g/mol. The predicted molar refractivity (Wildman–Crippen MR) is 62.1 cm³/mol. The van der Waals surface area contributed by atoms with E-state index in [1.54, 1.807) is 0 Å². The minimum absolute atomic E-state index is 0.175. The average Bonchev–Trinajstić information content (AvgIpc) is 2.39. The molecule has 0 saturated carbocycles. The first-order valence-corrected chi connectivity index (χ1v) is 5.14. The first kappa shape index (κ1) is 13.3. The van der Waals surface area contributed by atoms with Crippen LogP contribution in [0, 0.1) is 15.9 Å². The zero-order valence-corrected chi connectivity index (χ0v) is 9.69. The second kappa shape index (κ2) is 5.26. The molecule has 0 saturated heterocycles. The van der Waals surface area contributed by atoms with Crippen LogP contribution in [0.15, 0.2) is 30.6 Å². The van der Waals surface area contributed by atoms with Crippen molar-refractivity contribution in [3.8, 4) is 11.8 Å². The molecule has 102 valence electrons. The van der Waals surface area contributed by atoms with Crippen molar-refractivity contribution < 1.29 is 24.0 Å². The normalized spacial score (nSPS) is 10.1. The van der Waals surface area contributed by atoms with Gasteiger partial charge in [0.1, 0.15) is 5.82 Å². The van der Waals surface area contributed by atoms with Gasteiger partial charge < -0.3 is 9.84 Å². The molecule has 0 aliphatic heterocycles. The number of nitrogens with zero attached hydrogens (tertiary/aromatic N) is 3. The van der Waals surface area contributed by atoms with Crippen molar-refractivity contribution in [3.63, 3.8) is 0 Å². The number of ether oxygens (including phenoxy) is 1. The van der Waals surface area contributed by atoms with E-state index in [0.29, 0.717) is 0 Å². The lowest BCUT2D eigenvalue weighted by atomic mass is 10.3. The van der Waals surface area contributed by atoms with Crippen LogP contribution in [0.25, 0.3) is 0 Å². The number of aromatic nitrogens is 2. The van der Waals surface area contributed by atoms with Gasteiger partial charge in [0, 0.05) is 24.5 Å². The van der Waals surface area contributed by atoms with Crippen LogP contribution in [0.4, 0.5) is 10.1 Å². The maximum atomic E-state index is 13.1. The molecule has 0 bridgehead atoms. The predicted octanol–water partition coefficient (Wildman–Crippen LogP) is 2.01. The minimum atomic E-state index is -1.23. The lowest BCUT2D eigenvalue weighted by Gasteiger charge is -2.04. The van der Waals surface area contributed by atoms with Crippen molar-refractivity contribution in [2.45, 2.75) is 0 Å². The van der Waals surface area contributed by atoms with Crippen LogP contribution < -0.4 is 4.74 Å². The highest BCUT2D eigenvalue weighted by Crippen LogP contribution is 2.30. The molecule has 0 fully saturated rings. The van der Waals surface area contributed by atoms with Gasteiger partial charge in [-0.3, -0.25) is 10.1 Å². The largest absolute Gasteiger partial charge is 0.478 e. The number of halogens is 1. The zero-order valence-electron chi connectivity index (χ0n) is 9.69. The van der Waals surface area contributed by atoms with E-state index < -0.39 is 22.4 Å². The number of hydrogen-bond donors (Lipinski definition) is 1. The van der Waals surface area contributed by atoms with Crippen LogP contribution in [-0.4, -0.2) is 26.0 Å². The van der Waals surface area contributed by atoms with Crippen molar-refractivity contribution >= 4 is 11.7 Å². The number of aromatic carboxylic acids is 1. The van der Waals surface area contributed by atoms with Gasteiger partial charge in [0.05, 0.1) is 10.5 Å². The van der Waals surface area contributed by atoms with Gasteiger partial charge >= 0.3 is 17.7 Å². The summed E-state index contributed by atoms with van der Waals surface area (Å²) in [6.45, 7) is 0. The highest BCUT2D eigenvalue weighted by molar-refractivity contribution is 5.86. The Morgan fingerprint density at radius 2 is 2.00 bits per heavy atom. The van der Waals surface area contributed by atoms with Crippen LogP contribution in [0.3, 0.4) is 0 Å². The van der Waals surface area contributed by atoms with Crippen LogP contribution in [-0.2, 0) is 0 Å². The first-order chi connectivity index (χ1) is 9.47. The number of carbonyl (C=O) groups is 1. The smallest absolute Gasteiger partial charge is 0.338 e. The van der Waals surface area contributed by atoms with E-state index in [1.807, 2.05) is 0 Å². The number of rotatable bonds is 4. The molecule has 2 aromatic rings. The Kier molecular flexibility index (Phi) is 3.51. The van der Waals surface area contributed by atoms with Gasteiger partial charge in [0.25, 0.3) is 0 Å². The van der Waals surface area contributed by atoms with E-state index in [2.05, 4.69) is 9.97 Å². The first-order valence-electron chi connectivity index (χ1n) is 5.14. The van der Waals surface area contributed by atoms with Crippen molar-refractivity contribution in [2.75, 3.05) is 0 Å². The van der Waals surface area contributed by atoms with Gasteiger partial charge in [-0.2, -0.15) is 0 Å². The van der Waals surface area contributed by atoms with Crippen LogP contribution >= 0.6 is 0 Å². The summed E-state index contributed by atoms with van der Waals surface area (Å²) in [5.41, 5.74) is -0.636. The van der Waals surface area contributed by atoms with Crippen molar-refractivity contribution in [1.82, 2.24) is 9.97 Å². The molecular weight excluding hydrogens is 273 g/mol. The van der Waals surface area contributed by atoms with E-state index in [-0.39, 0.29) is 17.3 Å². The Labute approximate surface area is 110 Å². The Bertz CT molecular complexity index is 674. The van der Waals surface area contributed by atoms with E-state index in [9.17, 15) is 19.3 Å². The maximum Gasteiger partial charge on any atom is 0.338 e. The summed E-state index contributed by atoms with van der Waals surface area (Å²) in [6, 6.07) is 2.34. The summed E-state index contributed by atoms with van der Waals surface area (Å²) < 4.78 is 18.1. The molecule has 1 N–H and O–H groups in total. The summed E-state index contributed by atoms with van der Waals surface area (Å²) in [5.74, 6) is -2.33. The third-order valence-corrected chi connectivity index (χ3v) is 2.19. The molecule has 0 radical (unpaired) electrons. The third-order valence-electron chi connectivity index (χ3n) is 2.19. The number of carboxylic acids is 1. The third kappa shape index (κ3) is 2.83. The molecule has 0 amide bonds. The highest BCUT2D eigenvalue weighted by atomic mass is 19.1. The molecule has 1 aromatic carbocycles. The molecular formula is C11H6FN3O5. The fraction of sp³-hybridized carbons (Fsp3) is 0. The van der Waals surface area contributed by atoms with Gasteiger partial charge in [0.2, 0.25) is 5.75 Å². The Morgan fingerprint density at radius 1 is 1.35 bits per heavy atom. The van der Waals surface area contributed by atoms with Crippen molar-refractivity contribution in [3.05, 3.63) is 52.1 Å². The topological polar surface area (TPSA) is 115 Å². The minimum Gasteiger partial charge on any atom is -0.478 e.